The zero-order valence-corrected chi connectivity index (χ0v) is 10.2. The van der Waals surface area contributed by atoms with E-state index < -0.39 is 11.9 Å². The van der Waals surface area contributed by atoms with Gasteiger partial charge in [-0.2, -0.15) is 0 Å². The summed E-state index contributed by atoms with van der Waals surface area (Å²) in [6, 6.07) is 3.24. The first-order valence-electron chi connectivity index (χ1n) is 5.54. The third-order valence-corrected chi connectivity index (χ3v) is 3.71. The van der Waals surface area contributed by atoms with Crippen molar-refractivity contribution in [3.63, 3.8) is 0 Å². The zero-order valence-electron chi connectivity index (χ0n) is 9.39. The Labute approximate surface area is 104 Å². The molecule has 1 unspecified atom stereocenters. The highest BCUT2D eigenvalue weighted by atomic mass is 32.1. The van der Waals surface area contributed by atoms with Crippen molar-refractivity contribution in [3.05, 3.63) is 22.4 Å². The van der Waals surface area contributed by atoms with Crippen LogP contribution in [0.15, 0.2) is 17.5 Å². The van der Waals surface area contributed by atoms with Gasteiger partial charge in [-0.15, -0.1) is 11.3 Å². The van der Waals surface area contributed by atoms with E-state index in [1.54, 1.807) is 11.3 Å². The molecule has 92 valence electrons. The summed E-state index contributed by atoms with van der Waals surface area (Å²) in [5.41, 5.74) is 5.26. The molecule has 17 heavy (non-hydrogen) atoms. The molecule has 1 saturated heterocycles. The van der Waals surface area contributed by atoms with Crippen molar-refractivity contribution in [2.45, 2.75) is 25.4 Å². The minimum Gasteiger partial charge on any atom is -0.368 e. The Morgan fingerprint density at radius 1 is 1.59 bits per heavy atom. The highest BCUT2D eigenvalue weighted by Crippen LogP contribution is 2.17. The first kappa shape index (κ1) is 11.9. The van der Waals surface area contributed by atoms with Crippen LogP contribution in [-0.2, 0) is 11.3 Å². The van der Waals surface area contributed by atoms with Crippen LogP contribution in [0.3, 0.4) is 0 Å². The van der Waals surface area contributed by atoms with E-state index >= 15 is 0 Å². The van der Waals surface area contributed by atoms with Gasteiger partial charge in [0, 0.05) is 11.4 Å². The molecule has 1 fully saturated rings. The number of carbonyl (C=O) groups is 2. The van der Waals surface area contributed by atoms with Crippen molar-refractivity contribution in [1.29, 1.82) is 0 Å². The number of likely N-dealkylation sites (tertiary alicyclic amines) is 1. The summed E-state index contributed by atoms with van der Waals surface area (Å²) >= 11 is 1.59. The summed E-state index contributed by atoms with van der Waals surface area (Å²) in [4.78, 5) is 25.6. The van der Waals surface area contributed by atoms with E-state index in [0.717, 1.165) is 11.3 Å². The van der Waals surface area contributed by atoms with Crippen molar-refractivity contribution in [2.24, 2.45) is 5.73 Å². The number of nitrogens with zero attached hydrogens (tertiary/aromatic N) is 1. The standard InChI is InChI=1S/C11H15N3O2S/c12-10(15)9-4-1-5-14(9)11(16)13-7-8-3-2-6-17-8/h2-3,6,9H,1,4-5,7H2,(H2,12,15)(H,13,16). The van der Waals surface area contributed by atoms with Gasteiger partial charge in [0.15, 0.2) is 0 Å². The number of carbonyl (C=O) groups excluding carboxylic acids is 2. The molecule has 0 saturated carbocycles. The van der Waals surface area contributed by atoms with Crippen molar-refractivity contribution in [3.8, 4) is 0 Å². The van der Waals surface area contributed by atoms with Crippen LogP contribution < -0.4 is 11.1 Å². The number of hydrogen-bond acceptors (Lipinski definition) is 3. The third-order valence-electron chi connectivity index (χ3n) is 2.84. The number of nitrogens with one attached hydrogen (secondary N) is 1. The molecule has 0 radical (unpaired) electrons. The minimum atomic E-state index is -0.446. The molecule has 3 amide bonds. The molecule has 0 bridgehead atoms. The Morgan fingerprint density at radius 2 is 2.41 bits per heavy atom. The lowest BCUT2D eigenvalue weighted by Gasteiger charge is -2.22. The van der Waals surface area contributed by atoms with Crippen molar-refractivity contribution in [2.75, 3.05) is 6.54 Å². The van der Waals surface area contributed by atoms with E-state index in [9.17, 15) is 9.59 Å². The number of primary amides is 1. The second-order valence-electron chi connectivity index (χ2n) is 3.99. The molecule has 2 heterocycles. The van der Waals surface area contributed by atoms with Gasteiger partial charge in [-0.1, -0.05) is 6.07 Å². The largest absolute Gasteiger partial charge is 0.368 e. The van der Waals surface area contributed by atoms with E-state index in [4.69, 9.17) is 5.73 Å². The fourth-order valence-corrected chi connectivity index (χ4v) is 2.63. The van der Waals surface area contributed by atoms with Gasteiger partial charge in [0.05, 0.1) is 6.54 Å². The first-order chi connectivity index (χ1) is 8.18. The highest BCUT2D eigenvalue weighted by molar-refractivity contribution is 7.09. The molecule has 1 aliphatic heterocycles. The average molecular weight is 253 g/mol. The number of hydrogen-bond donors (Lipinski definition) is 2. The van der Waals surface area contributed by atoms with E-state index in [-0.39, 0.29) is 6.03 Å². The second-order valence-corrected chi connectivity index (χ2v) is 5.02. The monoisotopic (exact) mass is 253 g/mol. The van der Waals surface area contributed by atoms with Gasteiger partial charge in [0.1, 0.15) is 6.04 Å². The SMILES string of the molecule is NC(=O)C1CCCN1C(=O)NCc1cccs1. The normalized spacial score (nSPS) is 19.3. The van der Waals surface area contributed by atoms with Gasteiger partial charge >= 0.3 is 6.03 Å². The summed E-state index contributed by atoms with van der Waals surface area (Å²) in [6.07, 6.45) is 1.50. The van der Waals surface area contributed by atoms with E-state index in [1.165, 1.54) is 4.90 Å². The van der Waals surface area contributed by atoms with Crippen LogP contribution in [0.4, 0.5) is 4.79 Å². The van der Waals surface area contributed by atoms with E-state index in [1.807, 2.05) is 17.5 Å². The quantitative estimate of drug-likeness (QED) is 0.840. The molecule has 2 rings (SSSR count). The second kappa shape index (κ2) is 5.18. The summed E-state index contributed by atoms with van der Waals surface area (Å²) in [5, 5.41) is 4.76. The molecule has 0 aromatic carbocycles. The summed E-state index contributed by atoms with van der Waals surface area (Å²) in [5.74, 6) is -0.422. The molecule has 3 N–H and O–H groups in total. The van der Waals surface area contributed by atoms with Crippen molar-refractivity contribution < 1.29 is 9.59 Å². The van der Waals surface area contributed by atoms with Crippen LogP contribution in [0.25, 0.3) is 0 Å². The number of amides is 3. The minimum absolute atomic E-state index is 0.209. The fraction of sp³-hybridized carbons (Fsp3) is 0.455. The Bertz CT molecular complexity index is 405. The summed E-state index contributed by atoms with van der Waals surface area (Å²) in [7, 11) is 0. The zero-order chi connectivity index (χ0) is 12.3. The van der Waals surface area contributed by atoms with Gasteiger partial charge in [0.25, 0.3) is 0 Å². The van der Waals surface area contributed by atoms with Gasteiger partial charge in [-0.3, -0.25) is 4.79 Å². The molecule has 1 aliphatic rings. The van der Waals surface area contributed by atoms with Gasteiger partial charge in [-0.25, -0.2) is 4.79 Å². The van der Waals surface area contributed by atoms with Crippen LogP contribution in [0, 0.1) is 0 Å². The summed E-state index contributed by atoms with van der Waals surface area (Å²) < 4.78 is 0. The Kier molecular flexibility index (Phi) is 3.63. The van der Waals surface area contributed by atoms with Crippen molar-refractivity contribution in [1.82, 2.24) is 10.2 Å². The molecule has 1 aromatic heterocycles. The Morgan fingerprint density at radius 3 is 3.06 bits per heavy atom. The van der Waals surface area contributed by atoms with E-state index in [2.05, 4.69) is 5.32 Å². The maximum atomic E-state index is 11.9. The fourth-order valence-electron chi connectivity index (χ4n) is 1.98. The van der Waals surface area contributed by atoms with E-state index in [0.29, 0.717) is 19.5 Å². The molecular weight excluding hydrogens is 238 g/mol. The van der Waals surface area contributed by atoms with Crippen LogP contribution in [0.1, 0.15) is 17.7 Å². The molecule has 1 aromatic rings. The van der Waals surface area contributed by atoms with Crippen LogP contribution in [0.2, 0.25) is 0 Å². The average Bonchev–Trinajstić information content (AvgIpc) is 2.96. The molecular formula is C11H15N3O2S. The van der Waals surface area contributed by atoms with Gasteiger partial charge in [-0.05, 0) is 24.3 Å². The maximum Gasteiger partial charge on any atom is 0.318 e. The maximum absolute atomic E-state index is 11.9. The molecule has 5 nitrogen and oxygen atoms in total. The van der Waals surface area contributed by atoms with Crippen LogP contribution >= 0.6 is 11.3 Å². The van der Waals surface area contributed by atoms with Gasteiger partial charge < -0.3 is 16.0 Å². The molecule has 0 spiro atoms. The van der Waals surface area contributed by atoms with Crippen LogP contribution in [0.5, 0.6) is 0 Å². The smallest absolute Gasteiger partial charge is 0.318 e. The predicted molar refractivity (Wildman–Crippen MR) is 65.5 cm³/mol. The molecule has 1 atom stereocenters. The number of rotatable bonds is 3. The molecule has 6 heteroatoms. The lowest BCUT2D eigenvalue weighted by molar-refractivity contribution is -0.121. The first-order valence-corrected chi connectivity index (χ1v) is 6.42. The Balaban J connectivity index is 1.89. The Hall–Kier alpha value is -1.56. The topological polar surface area (TPSA) is 75.4 Å². The van der Waals surface area contributed by atoms with Gasteiger partial charge in [0.2, 0.25) is 5.91 Å². The van der Waals surface area contributed by atoms with Crippen LogP contribution in [-0.4, -0.2) is 29.4 Å². The number of urea groups is 1. The predicted octanol–water partition coefficient (Wildman–Crippen LogP) is 0.907. The number of nitrogens with two attached hydrogens (primary N) is 1. The lowest BCUT2D eigenvalue weighted by atomic mass is 10.2. The molecule has 0 aliphatic carbocycles. The number of thiophene rings is 1. The summed E-state index contributed by atoms with van der Waals surface area (Å²) in [6.45, 7) is 1.10. The van der Waals surface area contributed by atoms with Crippen molar-refractivity contribution >= 4 is 23.3 Å². The lowest BCUT2D eigenvalue weighted by Crippen LogP contribution is -2.47. The third kappa shape index (κ3) is 2.76. The highest BCUT2D eigenvalue weighted by Gasteiger charge is 2.32.